The van der Waals surface area contributed by atoms with Crippen LogP contribution in [-0.4, -0.2) is 11.1 Å². The highest BCUT2D eigenvalue weighted by molar-refractivity contribution is 5.40. The molecule has 0 spiro atoms. The number of aromatic nitrogens is 1. The van der Waals surface area contributed by atoms with Crippen molar-refractivity contribution < 1.29 is 0 Å². The monoisotopic (exact) mass is 268 g/mol. The van der Waals surface area contributed by atoms with Crippen LogP contribution in [0.15, 0.2) is 36.4 Å². The average molecular weight is 268 g/mol. The first-order chi connectivity index (χ1) is 9.75. The molecule has 2 heteroatoms. The van der Waals surface area contributed by atoms with Crippen LogP contribution in [0.1, 0.15) is 36.2 Å². The molecule has 1 saturated carbocycles. The molecule has 0 unspecified atom stereocenters. The zero-order valence-electron chi connectivity index (χ0n) is 12.5. The minimum atomic E-state index is 0.924. The van der Waals surface area contributed by atoms with E-state index in [1.807, 2.05) is 0 Å². The SMILES string of the molecule is Cc1cc(CNCC2CCC2)c(C)n1-c1ccccc1. The number of nitrogens with one attached hydrogen (secondary N) is 1. The fourth-order valence-electron chi connectivity index (χ4n) is 3.09. The Kier molecular flexibility index (Phi) is 3.93. The second kappa shape index (κ2) is 5.84. The van der Waals surface area contributed by atoms with Gasteiger partial charge in [0.05, 0.1) is 0 Å². The molecule has 3 rings (SSSR count). The quantitative estimate of drug-likeness (QED) is 0.868. The van der Waals surface area contributed by atoms with Crippen molar-refractivity contribution in [3.05, 3.63) is 53.3 Å². The maximum absolute atomic E-state index is 3.62. The topological polar surface area (TPSA) is 17.0 Å². The van der Waals surface area contributed by atoms with Crippen LogP contribution in [0.3, 0.4) is 0 Å². The van der Waals surface area contributed by atoms with Gasteiger partial charge in [-0.3, -0.25) is 0 Å². The minimum absolute atomic E-state index is 0.924. The number of hydrogen-bond acceptors (Lipinski definition) is 1. The normalized spacial score (nSPS) is 15.3. The van der Waals surface area contributed by atoms with E-state index < -0.39 is 0 Å². The van der Waals surface area contributed by atoms with Crippen molar-refractivity contribution in [3.8, 4) is 5.69 Å². The van der Waals surface area contributed by atoms with Gasteiger partial charge in [0, 0.05) is 23.6 Å². The van der Waals surface area contributed by atoms with E-state index in [2.05, 4.69) is 60.1 Å². The van der Waals surface area contributed by atoms with Gasteiger partial charge in [0.15, 0.2) is 0 Å². The molecule has 106 valence electrons. The Labute approximate surface area is 121 Å². The van der Waals surface area contributed by atoms with Crippen molar-refractivity contribution in [1.82, 2.24) is 9.88 Å². The summed E-state index contributed by atoms with van der Waals surface area (Å²) in [4.78, 5) is 0. The lowest BCUT2D eigenvalue weighted by Crippen LogP contribution is -2.27. The Morgan fingerprint density at radius 1 is 1.15 bits per heavy atom. The molecular weight excluding hydrogens is 244 g/mol. The van der Waals surface area contributed by atoms with Gasteiger partial charge in [0.25, 0.3) is 0 Å². The fraction of sp³-hybridized carbons (Fsp3) is 0.444. The predicted octanol–water partition coefficient (Wildman–Crippen LogP) is 3.98. The molecule has 0 amide bonds. The molecule has 1 aliphatic carbocycles. The van der Waals surface area contributed by atoms with Crippen LogP contribution in [0.25, 0.3) is 5.69 Å². The van der Waals surface area contributed by atoms with Crippen LogP contribution in [0.4, 0.5) is 0 Å². The van der Waals surface area contributed by atoms with E-state index in [0.29, 0.717) is 0 Å². The van der Waals surface area contributed by atoms with E-state index in [9.17, 15) is 0 Å². The molecule has 20 heavy (non-hydrogen) atoms. The Bertz CT molecular complexity index is 565. The molecule has 2 nitrogen and oxygen atoms in total. The zero-order chi connectivity index (χ0) is 13.9. The third-order valence-corrected chi connectivity index (χ3v) is 4.52. The number of nitrogens with zero attached hydrogens (tertiary/aromatic N) is 1. The van der Waals surface area contributed by atoms with Crippen LogP contribution in [0, 0.1) is 19.8 Å². The molecule has 0 aliphatic heterocycles. The Balaban J connectivity index is 1.72. The van der Waals surface area contributed by atoms with Crippen molar-refractivity contribution in [2.45, 2.75) is 39.7 Å². The molecule has 1 heterocycles. The van der Waals surface area contributed by atoms with Crippen LogP contribution in [-0.2, 0) is 6.54 Å². The van der Waals surface area contributed by atoms with E-state index in [1.165, 1.54) is 48.4 Å². The van der Waals surface area contributed by atoms with Crippen LogP contribution >= 0.6 is 0 Å². The van der Waals surface area contributed by atoms with Gasteiger partial charge in [-0.15, -0.1) is 0 Å². The summed E-state index contributed by atoms with van der Waals surface area (Å²) >= 11 is 0. The maximum atomic E-state index is 3.62. The minimum Gasteiger partial charge on any atom is -0.318 e. The molecule has 2 aromatic rings. The smallest absolute Gasteiger partial charge is 0.0455 e. The van der Waals surface area contributed by atoms with Gasteiger partial charge in [0.1, 0.15) is 0 Å². The predicted molar refractivity (Wildman–Crippen MR) is 84.3 cm³/mol. The first-order valence-electron chi connectivity index (χ1n) is 7.69. The average Bonchev–Trinajstić information content (AvgIpc) is 2.68. The molecule has 0 bridgehead atoms. The molecule has 1 aromatic carbocycles. The second-order valence-corrected chi connectivity index (χ2v) is 6.00. The lowest BCUT2D eigenvalue weighted by Gasteiger charge is -2.25. The van der Waals surface area contributed by atoms with Crippen LogP contribution < -0.4 is 5.32 Å². The lowest BCUT2D eigenvalue weighted by molar-refractivity contribution is 0.301. The highest BCUT2D eigenvalue weighted by Gasteiger charge is 2.17. The third kappa shape index (κ3) is 2.66. The number of rotatable bonds is 5. The standard InChI is InChI=1S/C18H24N2/c1-14-11-17(13-19-12-16-7-6-8-16)15(2)20(14)18-9-4-3-5-10-18/h3-5,9-11,16,19H,6-8,12-13H2,1-2H3. The summed E-state index contributed by atoms with van der Waals surface area (Å²) in [5.41, 5.74) is 5.35. The molecule has 0 atom stereocenters. The molecule has 0 saturated heterocycles. The van der Waals surface area contributed by atoms with E-state index in [4.69, 9.17) is 0 Å². The van der Waals surface area contributed by atoms with E-state index >= 15 is 0 Å². The number of benzene rings is 1. The van der Waals surface area contributed by atoms with Crippen molar-refractivity contribution in [2.24, 2.45) is 5.92 Å². The van der Waals surface area contributed by atoms with Crippen molar-refractivity contribution in [2.75, 3.05) is 6.54 Å². The van der Waals surface area contributed by atoms with E-state index in [-0.39, 0.29) is 0 Å². The number of hydrogen-bond donors (Lipinski definition) is 1. The Hall–Kier alpha value is -1.54. The summed E-state index contributed by atoms with van der Waals surface area (Å²) in [5, 5.41) is 3.62. The molecule has 1 aromatic heterocycles. The molecule has 1 fully saturated rings. The zero-order valence-corrected chi connectivity index (χ0v) is 12.5. The fourth-order valence-corrected chi connectivity index (χ4v) is 3.09. The van der Waals surface area contributed by atoms with Crippen LogP contribution in [0.2, 0.25) is 0 Å². The summed E-state index contributed by atoms with van der Waals surface area (Å²) in [6.07, 6.45) is 4.25. The summed E-state index contributed by atoms with van der Waals surface area (Å²) in [7, 11) is 0. The molecular formula is C18H24N2. The largest absolute Gasteiger partial charge is 0.318 e. The highest BCUT2D eigenvalue weighted by Crippen LogP contribution is 2.25. The summed E-state index contributed by atoms with van der Waals surface area (Å²) in [5.74, 6) is 0.924. The first-order valence-corrected chi connectivity index (χ1v) is 7.69. The molecule has 1 aliphatic rings. The van der Waals surface area contributed by atoms with E-state index in [0.717, 1.165) is 12.5 Å². The van der Waals surface area contributed by atoms with Crippen LogP contribution in [0.5, 0.6) is 0 Å². The van der Waals surface area contributed by atoms with Gasteiger partial charge in [-0.05, 0) is 62.9 Å². The van der Waals surface area contributed by atoms with Gasteiger partial charge < -0.3 is 9.88 Å². The number of aryl methyl sites for hydroxylation is 1. The molecule has 0 radical (unpaired) electrons. The first kappa shape index (κ1) is 13.4. The Morgan fingerprint density at radius 3 is 2.55 bits per heavy atom. The van der Waals surface area contributed by atoms with Gasteiger partial charge >= 0.3 is 0 Å². The lowest BCUT2D eigenvalue weighted by atomic mass is 9.85. The molecule has 1 N–H and O–H groups in total. The van der Waals surface area contributed by atoms with Crippen molar-refractivity contribution in [1.29, 1.82) is 0 Å². The van der Waals surface area contributed by atoms with Crippen molar-refractivity contribution >= 4 is 0 Å². The second-order valence-electron chi connectivity index (χ2n) is 6.00. The van der Waals surface area contributed by atoms with Gasteiger partial charge in [-0.2, -0.15) is 0 Å². The number of para-hydroxylation sites is 1. The summed E-state index contributed by atoms with van der Waals surface area (Å²) in [6, 6.07) is 12.9. The van der Waals surface area contributed by atoms with E-state index in [1.54, 1.807) is 0 Å². The summed E-state index contributed by atoms with van der Waals surface area (Å²) in [6.45, 7) is 6.58. The highest BCUT2D eigenvalue weighted by atomic mass is 15.0. The maximum Gasteiger partial charge on any atom is 0.0455 e. The van der Waals surface area contributed by atoms with Crippen molar-refractivity contribution in [3.63, 3.8) is 0 Å². The third-order valence-electron chi connectivity index (χ3n) is 4.52. The van der Waals surface area contributed by atoms with Gasteiger partial charge in [0.2, 0.25) is 0 Å². The van der Waals surface area contributed by atoms with Gasteiger partial charge in [-0.1, -0.05) is 24.6 Å². The Morgan fingerprint density at radius 2 is 1.90 bits per heavy atom. The summed E-state index contributed by atoms with van der Waals surface area (Å²) < 4.78 is 2.35. The van der Waals surface area contributed by atoms with Gasteiger partial charge in [-0.25, -0.2) is 0 Å².